The van der Waals surface area contributed by atoms with Gasteiger partial charge in [0.05, 0.1) is 12.2 Å². The van der Waals surface area contributed by atoms with Gasteiger partial charge in [-0.15, -0.1) is 0 Å². The van der Waals surface area contributed by atoms with E-state index in [0.717, 1.165) is 17.9 Å². The fourth-order valence-electron chi connectivity index (χ4n) is 1.83. The predicted octanol–water partition coefficient (Wildman–Crippen LogP) is 2.86. The lowest BCUT2D eigenvalue weighted by Crippen LogP contribution is -2.42. The van der Waals surface area contributed by atoms with E-state index in [0.29, 0.717) is 11.6 Å². The first-order valence-electron chi connectivity index (χ1n) is 5.36. The molecule has 0 radical (unpaired) electrons. The van der Waals surface area contributed by atoms with Crippen LogP contribution in [0.15, 0.2) is 18.2 Å². The fraction of sp³-hybridized carbons (Fsp3) is 0.417. The van der Waals surface area contributed by atoms with Gasteiger partial charge in [-0.05, 0) is 24.6 Å². The van der Waals surface area contributed by atoms with Gasteiger partial charge in [0, 0.05) is 11.9 Å². The summed E-state index contributed by atoms with van der Waals surface area (Å²) in [4.78, 5) is 13.3. The molecule has 0 aliphatic carbocycles. The smallest absolute Gasteiger partial charge is 0.224 e. The summed E-state index contributed by atoms with van der Waals surface area (Å²) in [5.41, 5.74) is 0.768. The number of benzene rings is 1. The van der Waals surface area contributed by atoms with Gasteiger partial charge in [0.2, 0.25) is 5.91 Å². The van der Waals surface area contributed by atoms with Crippen LogP contribution < -0.4 is 9.64 Å². The zero-order chi connectivity index (χ0) is 11.7. The molecular formula is C12H14ClNO2. The molecule has 1 heterocycles. The highest BCUT2D eigenvalue weighted by molar-refractivity contribution is 6.31. The number of ether oxygens (including phenoxy) is 1. The van der Waals surface area contributed by atoms with E-state index in [1.54, 1.807) is 24.0 Å². The van der Waals surface area contributed by atoms with Gasteiger partial charge in [0.25, 0.3) is 0 Å². The SMILES string of the molecule is CC[C@H]1CN(C(C)=O)c2cc(Cl)ccc2O1. The Balaban J connectivity index is 2.42. The van der Waals surface area contributed by atoms with Crippen LogP contribution in [-0.2, 0) is 4.79 Å². The van der Waals surface area contributed by atoms with Gasteiger partial charge in [-0.3, -0.25) is 4.79 Å². The van der Waals surface area contributed by atoms with Crippen molar-refractivity contribution in [2.24, 2.45) is 0 Å². The second kappa shape index (κ2) is 4.34. The monoisotopic (exact) mass is 239 g/mol. The molecule has 3 nitrogen and oxygen atoms in total. The van der Waals surface area contributed by atoms with Crippen molar-refractivity contribution in [2.45, 2.75) is 26.4 Å². The quantitative estimate of drug-likeness (QED) is 0.754. The number of carbonyl (C=O) groups excluding carboxylic acids is 1. The van der Waals surface area contributed by atoms with E-state index in [4.69, 9.17) is 16.3 Å². The second-order valence-electron chi connectivity index (χ2n) is 3.89. The molecule has 16 heavy (non-hydrogen) atoms. The normalized spacial score (nSPS) is 18.9. The Morgan fingerprint density at radius 1 is 1.62 bits per heavy atom. The first-order chi connectivity index (χ1) is 7.61. The Bertz CT molecular complexity index is 419. The number of fused-ring (bicyclic) bond motifs is 1. The summed E-state index contributed by atoms with van der Waals surface area (Å²) in [6.07, 6.45) is 0.948. The van der Waals surface area contributed by atoms with Gasteiger partial charge < -0.3 is 9.64 Å². The third-order valence-electron chi connectivity index (χ3n) is 2.73. The van der Waals surface area contributed by atoms with Crippen LogP contribution in [0.3, 0.4) is 0 Å². The standard InChI is InChI=1S/C12H14ClNO2/c1-3-10-7-14(8(2)15)11-6-9(13)4-5-12(11)16-10/h4-6,10H,3,7H2,1-2H3/t10-/m0/s1. The van der Waals surface area contributed by atoms with Crippen LogP contribution in [0.5, 0.6) is 5.75 Å². The minimum atomic E-state index is 0.0188. The van der Waals surface area contributed by atoms with Crippen molar-refractivity contribution in [3.8, 4) is 5.75 Å². The Kier molecular flexibility index (Phi) is 3.06. The van der Waals surface area contributed by atoms with Crippen LogP contribution in [0.2, 0.25) is 5.02 Å². The Hall–Kier alpha value is -1.22. The van der Waals surface area contributed by atoms with Crippen molar-refractivity contribution in [3.63, 3.8) is 0 Å². The van der Waals surface area contributed by atoms with Gasteiger partial charge in [-0.2, -0.15) is 0 Å². The first-order valence-corrected chi connectivity index (χ1v) is 5.74. The third kappa shape index (κ3) is 2.00. The van der Waals surface area contributed by atoms with E-state index in [2.05, 4.69) is 0 Å². The summed E-state index contributed by atoms with van der Waals surface area (Å²) in [6.45, 7) is 4.20. The van der Waals surface area contributed by atoms with E-state index >= 15 is 0 Å². The molecule has 0 spiro atoms. The first kappa shape index (κ1) is 11.3. The zero-order valence-corrected chi connectivity index (χ0v) is 10.1. The number of halogens is 1. The molecule has 0 saturated heterocycles. The molecule has 86 valence electrons. The van der Waals surface area contributed by atoms with Crippen LogP contribution in [0.4, 0.5) is 5.69 Å². The van der Waals surface area contributed by atoms with E-state index in [9.17, 15) is 4.79 Å². The minimum absolute atomic E-state index is 0.0188. The van der Waals surface area contributed by atoms with Gasteiger partial charge >= 0.3 is 0 Å². The number of rotatable bonds is 1. The summed E-state index contributed by atoms with van der Waals surface area (Å²) in [5.74, 6) is 0.753. The van der Waals surface area contributed by atoms with Crippen LogP contribution in [-0.4, -0.2) is 18.6 Å². The van der Waals surface area contributed by atoms with Gasteiger partial charge in [0.1, 0.15) is 11.9 Å². The molecular weight excluding hydrogens is 226 g/mol. The van der Waals surface area contributed by atoms with Gasteiger partial charge in [0.15, 0.2) is 0 Å². The average Bonchev–Trinajstić information content (AvgIpc) is 2.27. The maximum Gasteiger partial charge on any atom is 0.224 e. The summed E-state index contributed by atoms with van der Waals surface area (Å²) >= 11 is 5.92. The topological polar surface area (TPSA) is 29.5 Å². The molecule has 2 rings (SSSR count). The van der Waals surface area contributed by atoms with Crippen molar-refractivity contribution in [3.05, 3.63) is 23.2 Å². The highest BCUT2D eigenvalue weighted by Gasteiger charge is 2.27. The number of hydrogen-bond acceptors (Lipinski definition) is 2. The summed E-state index contributed by atoms with van der Waals surface area (Å²) in [6, 6.07) is 5.36. The molecule has 1 atom stereocenters. The summed E-state index contributed by atoms with van der Waals surface area (Å²) < 4.78 is 5.76. The Morgan fingerprint density at radius 2 is 2.38 bits per heavy atom. The molecule has 0 aromatic heterocycles. The van der Waals surface area contributed by atoms with Crippen molar-refractivity contribution in [1.82, 2.24) is 0 Å². The molecule has 1 aromatic rings. The summed E-state index contributed by atoms with van der Waals surface area (Å²) in [7, 11) is 0. The van der Waals surface area contributed by atoms with E-state index in [1.807, 2.05) is 13.0 Å². The molecule has 1 aliphatic heterocycles. The van der Waals surface area contributed by atoms with Gasteiger partial charge in [-0.1, -0.05) is 18.5 Å². The molecule has 0 bridgehead atoms. The minimum Gasteiger partial charge on any atom is -0.486 e. The predicted molar refractivity (Wildman–Crippen MR) is 64.2 cm³/mol. The van der Waals surface area contributed by atoms with Crippen molar-refractivity contribution in [1.29, 1.82) is 0 Å². The lowest BCUT2D eigenvalue weighted by molar-refractivity contribution is -0.117. The summed E-state index contributed by atoms with van der Waals surface area (Å²) in [5, 5.41) is 0.614. The molecule has 1 amide bonds. The number of carbonyl (C=O) groups is 1. The average molecular weight is 240 g/mol. The molecule has 0 N–H and O–H groups in total. The van der Waals surface area contributed by atoms with Crippen molar-refractivity contribution >= 4 is 23.2 Å². The number of hydrogen-bond donors (Lipinski definition) is 0. The maximum atomic E-state index is 11.6. The molecule has 1 aromatic carbocycles. The number of anilines is 1. The molecule has 0 fully saturated rings. The molecule has 0 saturated carbocycles. The van der Waals surface area contributed by atoms with Crippen molar-refractivity contribution in [2.75, 3.05) is 11.4 Å². The van der Waals surface area contributed by atoms with E-state index in [-0.39, 0.29) is 12.0 Å². The zero-order valence-electron chi connectivity index (χ0n) is 9.37. The molecule has 0 unspecified atom stereocenters. The number of nitrogens with zero attached hydrogens (tertiary/aromatic N) is 1. The van der Waals surface area contributed by atoms with Crippen LogP contribution in [0, 0.1) is 0 Å². The van der Waals surface area contributed by atoms with Crippen LogP contribution >= 0.6 is 11.6 Å². The third-order valence-corrected chi connectivity index (χ3v) is 2.96. The Labute approximate surface area is 100.0 Å². The highest BCUT2D eigenvalue weighted by atomic mass is 35.5. The molecule has 1 aliphatic rings. The molecule has 4 heteroatoms. The Morgan fingerprint density at radius 3 is 3.00 bits per heavy atom. The van der Waals surface area contributed by atoms with Crippen LogP contribution in [0.1, 0.15) is 20.3 Å². The van der Waals surface area contributed by atoms with Gasteiger partial charge in [-0.25, -0.2) is 0 Å². The maximum absolute atomic E-state index is 11.6. The van der Waals surface area contributed by atoms with E-state index in [1.165, 1.54) is 0 Å². The largest absolute Gasteiger partial charge is 0.486 e. The second-order valence-corrected chi connectivity index (χ2v) is 4.33. The lowest BCUT2D eigenvalue weighted by atomic mass is 10.1. The van der Waals surface area contributed by atoms with Crippen molar-refractivity contribution < 1.29 is 9.53 Å². The lowest BCUT2D eigenvalue weighted by Gasteiger charge is -2.34. The highest BCUT2D eigenvalue weighted by Crippen LogP contribution is 2.36. The van der Waals surface area contributed by atoms with E-state index < -0.39 is 0 Å². The van der Waals surface area contributed by atoms with Crippen LogP contribution in [0.25, 0.3) is 0 Å². The fourth-order valence-corrected chi connectivity index (χ4v) is 2.00. The number of amides is 1.